The topological polar surface area (TPSA) is 82.6 Å². The normalized spacial score (nSPS) is 12.7. The van der Waals surface area contributed by atoms with Gasteiger partial charge in [0.2, 0.25) is 10.0 Å². The number of nitrogens with one attached hydrogen (secondary N) is 3. The van der Waals surface area contributed by atoms with E-state index in [1.807, 2.05) is 37.3 Å². The summed E-state index contributed by atoms with van der Waals surface area (Å²) in [4.78, 5) is 4.63. The smallest absolute Gasteiger partial charge is 0.215 e. The SMILES string of the molecule is CCNC(=NCc1ccc(CS(=O)(=O)NC)cc1)NCC(C)c1ccccc1.I. The van der Waals surface area contributed by atoms with Gasteiger partial charge in [-0.05, 0) is 36.6 Å². The van der Waals surface area contributed by atoms with Crippen molar-refractivity contribution in [3.05, 3.63) is 71.3 Å². The molecule has 2 aromatic carbocycles. The van der Waals surface area contributed by atoms with E-state index in [2.05, 4.69) is 51.5 Å². The van der Waals surface area contributed by atoms with Crippen molar-refractivity contribution in [3.8, 4) is 0 Å². The number of sulfonamides is 1. The van der Waals surface area contributed by atoms with E-state index in [0.29, 0.717) is 12.5 Å². The van der Waals surface area contributed by atoms with Gasteiger partial charge in [0.25, 0.3) is 0 Å². The zero-order valence-electron chi connectivity index (χ0n) is 17.2. The summed E-state index contributed by atoms with van der Waals surface area (Å²) in [5.41, 5.74) is 3.07. The van der Waals surface area contributed by atoms with Crippen LogP contribution in [-0.2, 0) is 22.3 Å². The zero-order valence-corrected chi connectivity index (χ0v) is 20.3. The van der Waals surface area contributed by atoms with E-state index in [-0.39, 0.29) is 29.7 Å². The monoisotopic (exact) mass is 530 g/mol. The van der Waals surface area contributed by atoms with E-state index < -0.39 is 10.0 Å². The van der Waals surface area contributed by atoms with Gasteiger partial charge < -0.3 is 10.6 Å². The fourth-order valence-electron chi connectivity index (χ4n) is 2.69. The first-order valence-corrected chi connectivity index (χ1v) is 11.1. The van der Waals surface area contributed by atoms with Gasteiger partial charge in [-0.25, -0.2) is 18.1 Å². The molecule has 2 rings (SSSR count). The predicted octanol–water partition coefficient (Wildman–Crippen LogP) is 3.21. The van der Waals surface area contributed by atoms with E-state index >= 15 is 0 Å². The Morgan fingerprint density at radius 2 is 1.62 bits per heavy atom. The molecule has 0 saturated carbocycles. The maximum atomic E-state index is 11.6. The third-order valence-corrected chi connectivity index (χ3v) is 5.73. The maximum absolute atomic E-state index is 11.6. The minimum absolute atomic E-state index is 0. The summed E-state index contributed by atoms with van der Waals surface area (Å²) in [6, 6.07) is 17.9. The predicted molar refractivity (Wildman–Crippen MR) is 131 cm³/mol. The van der Waals surface area contributed by atoms with Crippen LogP contribution in [0.5, 0.6) is 0 Å². The van der Waals surface area contributed by atoms with Gasteiger partial charge in [0.1, 0.15) is 0 Å². The Hall–Kier alpha value is -1.65. The molecule has 0 heterocycles. The summed E-state index contributed by atoms with van der Waals surface area (Å²) in [5, 5.41) is 6.65. The zero-order chi connectivity index (χ0) is 20.4. The fraction of sp³-hybridized carbons (Fsp3) is 0.381. The van der Waals surface area contributed by atoms with E-state index in [4.69, 9.17) is 0 Å². The number of benzene rings is 2. The van der Waals surface area contributed by atoms with Gasteiger partial charge in [-0.2, -0.15) is 0 Å². The number of hydrogen-bond acceptors (Lipinski definition) is 3. The molecule has 0 saturated heterocycles. The molecule has 0 fully saturated rings. The molecule has 0 amide bonds. The highest BCUT2D eigenvalue weighted by Gasteiger charge is 2.08. The minimum Gasteiger partial charge on any atom is -0.357 e. The van der Waals surface area contributed by atoms with Crippen LogP contribution in [0.3, 0.4) is 0 Å². The third kappa shape index (κ3) is 9.14. The van der Waals surface area contributed by atoms with Gasteiger partial charge in [0, 0.05) is 13.1 Å². The first-order valence-electron chi connectivity index (χ1n) is 9.49. The van der Waals surface area contributed by atoms with Crippen LogP contribution in [0, 0.1) is 0 Å². The van der Waals surface area contributed by atoms with Crippen molar-refractivity contribution in [2.45, 2.75) is 32.1 Å². The summed E-state index contributed by atoms with van der Waals surface area (Å²) < 4.78 is 25.6. The Kier molecular flexibility index (Phi) is 11.2. The van der Waals surface area contributed by atoms with Crippen molar-refractivity contribution in [2.24, 2.45) is 4.99 Å². The van der Waals surface area contributed by atoms with Gasteiger partial charge in [0.15, 0.2) is 5.96 Å². The van der Waals surface area contributed by atoms with Gasteiger partial charge in [0.05, 0.1) is 12.3 Å². The first-order chi connectivity index (χ1) is 13.4. The van der Waals surface area contributed by atoms with E-state index in [1.165, 1.54) is 12.6 Å². The number of aliphatic imine (C=N–C) groups is 1. The molecule has 1 atom stereocenters. The highest BCUT2D eigenvalue weighted by molar-refractivity contribution is 14.0. The highest BCUT2D eigenvalue weighted by Crippen LogP contribution is 2.13. The molecule has 160 valence electrons. The lowest BCUT2D eigenvalue weighted by Crippen LogP contribution is -2.39. The molecular weight excluding hydrogens is 499 g/mol. The average Bonchev–Trinajstić information content (AvgIpc) is 2.71. The van der Waals surface area contributed by atoms with Crippen molar-refractivity contribution >= 4 is 40.0 Å². The number of rotatable bonds is 9. The quantitative estimate of drug-likeness (QED) is 0.264. The lowest BCUT2D eigenvalue weighted by atomic mass is 10.0. The van der Waals surface area contributed by atoms with Crippen molar-refractivity contribution in [1.29, 1.82) is 0 Å². The minimum atomic E-state index is -3.25. The van der Waals surface area contributed by atoms with Gasteiger partial charge in [-0.15, -0.1) is 24.0 Å². The summed E-state index contributed by atoms with van der Waals surface area (Å²) in [6.07, 6.45) is 0. The summed E-state index contributed by atoms with van der Waals surface area (Å²) in [5.74, 6) is 1.12. The molecule has 0 bridgehead atoms. The van der Waals surface area contributed by atoms with Crippen molar-refractivity contribution in [1.82, 2.24) is 15.4 Å². The number of guanidine groups is 1. The summed E-state index contributed by atoms with van der Waals surface area (Å²) in [7, 11) is -1.83. The Morgan fingerprint density at radius 3 is 2.21 bits per heavy atom. The van der Waals surface area contributed by atoms with E-state index in [9.17, 15) is 8.42 Å². The molecule has 2 aromatic rings. The fourth-order valence-corrected chi connectivity index (χ4v) is 3.47. The largest absolute Gasteiger partial charge is 0.357 e. The molecule has 0 radical (unpaired) electrons. The lowest BCUT2D eigenvalue weighted by molar-refractivity contribution is 0.587. The van der Waals surface area contributed by atoms with Crippen LogP contribution < -0.4 is 15.4 Å². The van der Waals surface area contributed by atoms with Crippen LogP contribution >= 0.6 is 24.0 Å². The highest BCUT2D eigenvalue weighted by atomic mass is 127. The number of nitrogens with zero attached hydrogens (tertiary/aromatic N) is 1. The molecule has 29 heavy (non-hydrogen) atoms. The Morgan fingerprint density at radius 1 is 1.00 bits per heavy atom. The van der Waals surface area contributed by atoms with Crippen LogP contribution in [0.4, 0.5) is 0 Å². The van der Waals surface area contributed by atoms with Gasteiger partial charge in [-0.1, -0.05) is 61.5 Å². The molecule has 0 aliphatic heterocycles. The van der Waals surface area contributed by atoms with Gasteiger partial charge in [-0.3, -0.25) is 0 Å². The Bertz CT molecular complexity index is 856. The molecule has 8 heteroatoms. The number of hydrogen-bond donors (Lipinski definition) is 3. The van der Waals surface area contributed by atoms with Crippen LogP contribution in [0.25, 0.3) is 0 Å². The maximum Gasteiger partial charge on any atom is 0.215 e. The molecule has 0 aromatic heterocycles. The standard InChI is InChI=1S/C21H30N4O2S.HI/c1-4-23-21(24-14-17(2)20-8-6-5-7-9-20)25-15-18-10-12-19(13-11-18)16-28(26,27)22-3;/h5-13,17,22H,4,14-16H2,1-3H3,(H2,23,24,25);1H. The van der Waals surface area contributed by atoms with Crippen molar-refractivity contribution in [2.75, 3.05) is 20.1 Å². The van der Waals surface area contributed by atoms with E-state index in [0.717, 1.165) is 30.2 Å². The summed E-state index contributed by atoms with van der Waals surface area (Å²) >= 11 is 0. The molecule has 0 aliphatic carbocycles. The third-order valence-electron chi connectivity index (χ3n) is 4.40. The molecule has 1 unspecified atom stereocenters. The van der Waals surface area contributed by atoms with Crippen LogP contribution in [0.1, 0.15) is 36.5 Å². The van der Waals surface area contributed by atoms with Crippen LogP contribution in [0.15, 0.2) is 59.6 Å². The van der Waals surface area contributed by atoms with Crippen molar-refractivity contribution in [3.63, 3.8) is 0 Å². The second kappa shape index (κ2) is 12.8. The molecule has 0 aliphatic rings. The average molecular weight is 530 g/mol. The Balaban J connectivity index is 0.00000420. The second-order valence-corrected chi connectivity index (χ2v) is 8.59. The molecule has 0 spiro atoms. The van der Waals surface area contributed by atoms with Gasteiger partial charge >= 0.3 is 0 Å². The molecular formula is C21H31IN4O2S. The summed E-state index contributed by atoms with van der Waals surface area (Å²) in [6.45, 7) is 6.32. The van der Waals surface area contributed by atoms with Crippen LogP contribution in [-0.4, -0.2) is 34.5 Å². The Labute approximate surface area is 191 Å². The number of halogens is 1. The van der Waals surface area contributed by atoms with Crippen molar-refractivity contribution < 1.29 is 8.42 Å². The second-order valence-electron chi connectivity index (χ2n) is 6.67. The first kappa shape index (κ1) is 25.4. The molecule has 6 nitrogen and oxygen atoms in total. The van der Waals surface area contributed by atoms with Crippen LogP contribution in [0.2, 0.25) is 0 Å². The van der Waals surface area contributed by atoms with E-state index in [1.54, 1.807) is 0 Å². The molecule has 3 N–H and O–H groups in total. The lowest BCUT2D eigenvalue weighted by Gasteiger charge is -2.16.